The molecule has 190 valence electrons. The Morgan fingerprint density at radius 2 is 1.97 bits per heavy atom. The molecule has 1 aromatic carbocycles. The third kappa shape index (κ3) is 6.81. The Kier molecular flexibility index (Phi) is 8.52. The molecule has 36 heavy (non-hydrogen) atoms. The summed E-state index contributed by atoms with van der Waals surface area (Å²) < 4.78 is 5.30. The number of likely N-dealkylation sites (N-methyl/N-ethyl adjacent to an activating group) is 1. The fourth-order valence-corrected chi connectivity index (χ4v) is 4.32. The van der Waals surface area contributed by atoms with E-state index in [1.165, 1.54) is 0 Å². The number of piperazine rings is 1. The number of methoxy groups -OCH3 is 1. The first-order chi connectivity index (χ1) is 17.4. The third-order valence-electron chi connectivity index (χ3n) is 6.13. The van der Waals surface area contributed by atoms with Gasteiger partial charge in [0.15, 0.2) is 11.0 Å². The van der Waals surface area contributed by atoms with E-state index in [1.807, 2.05) is 36.4 Å². The maximum absolute atomic E-state index is 11.9. The maximum atomic E-state index is 11.9. The predicted octanol–water partition coefficient (Wildman–Crippen LogP) is 3.05. The fraction of sp³-hybridized carbons (Fsp3) is 0.360. The van der Waals surface area contributed by atoms with Crippen LogP contribution >= 0.6 is 11.6 Å². The number of hydrogen-bond donors (Lipinski definition) is 3. The highest BCUT2D eigenvalue weighted by molar-refractivity contribution is 6.29. The number of anilines is 3. The molecule has 0 radical (unpaired) electrons. The lowest BCUT2D eigenvalue weighted by Gasteiger charge is -2.37. The summed E-state index contributed by atoms with van der Waals surface area (Å²) in [5.41, 5.74) is 8.87. The van der Waals surface area contributed by atoms with Crippen LogP contribution in [0.15, 0.2) is 48.7 Å². The van der Waals surface area contributed by atoms with Crippen molar-refractivity contribution >= 4 is 34.7 Å². The minimum absolute atomic E-state index is 0.192. The topological polar surface area (TPSA) is 122 Å². The van der Waals surface area contributed by atoms with E-state index in [0.717, 1.165) is 48.9 Å². The quantitative estimate of drug-likeness (QED) is 0.377. The van der Waals surface area contributed by atoms with Crippen LogP contribution in [0.2, 0.25) is 5.15 Å². The summed E-state index contributed by atoms with van der Waals surface area (Å²) in [6.07, 6.45) is 1.93. The first-order valence-electron chi connectivity index (χ1n) is 11.7. The number of pyridine rings is 1. The molecule has 1 amide bonds. The zero-order chi connectivity index (χ0) is 25.5. The molecule has 3 aromatic rings. The van der Waals surface area contributed by atoms with Crippen LogP contribution in [0, 0.1) is 0 Å². The number of benzene rings is 1. The molecule has 0 aliphatic carbocycles. The number of nitrogens with one attached hydrogen (secondary N) is 2. The van der Waals surface area contributed by atoms with Gasteiger partial charge in [-0.2, -0.15) is 0 Å². The minimum atomic E-state index is -0.353. The lowest BCUT2D eigenvalue weighted by atomic mass is 10.1. The van der Waals surface area contributed by atoms with Crippen LogP contribution in [0.5, 0.6) is 5.75 Å². The minimum Gasteiger partial charge on any atom is -0.497 e. The van der Waals surface area contributed by atoms with Gasteiger partial charge in [0.05, 0.1) is 24.5 Å². The summed E-state index contributed by atoms with van der Waals surface area (Å²) in [6, 6.07) is 13.1. The van der Waals surface area contributed by atoms with Crippen LogP contribution in [0.25, 0.3) is 0 Å². The van der Waals surface area contributed by atoms with Gasteiger partial charge >= 0.3 is 0 Å². The zero-order valence-corrected chi connectivity index (χ0v) is 21.2. The van der Waals surface area contributed by atoms with E-state index in [1.54, 1.807) is 19.4 Å². The average Bonchev–Trinajstić information content (AvgIpc) is 2.87. The van der Waals surface area contributed by atoms with E-state index in [2.05, 4.69) is 42.7 Å². The number of amides is 1. The number of carbonyl (C=O) groups is 1. The van der Waals surface area contributed by atoms with Crippen molar-refractivity contribution in [1.82, 2.24) is 25.0 Å². The number of aromatic nitrogens is 3. The highest BCUT2D eigenvalue weighted by atomic mass is 35.5. The van der Waals surface area contributed by atoms with E-state index < -0.39 is 0 Å². The van der Waals surface area contributed by atoms with Gasteiger partial charge in [-0.15, -0.1) is 10.2 Å². The maximum Gasteiger partial charge on any atom is 0.219 e. The number of carbonyl (C=O) groups excluding carboxylic acids is 1. The van der Waals surface area contributed by atoms with Gasteiger partial charge in [0.2, 0.25) is 5.91 Å². The summed E-state index contributed by atoms with van der Waals surface area (Å²) in [5.74, 6) is 0.978. The molecule has 1 aliphatic heterocycles. The summed E-state index contributed by atoms with van der Waals surface area (Å²) >= 11 is 6.16. The van der Waals surface area contributed by atoms with Crippen LogP contribution in [0.3, 0.4) is 0 Å². The lowest BCUT2D eigenvalue weighted by Crippen LogP contribution is -2.46. The highest BCUT2D eigenvalue weighted by Gasteiger charge is 2.26. The second-order valence-electron chi connectivity index (χ2n) is 8.75. The Balaban J connectivity index is 1.53. The molecule has 0 saturated carbocycles. The van der Waals surface area contributed by atoms with Crippen LogP contribution in [0.4, 0.5) is 17.2 Å². The monoisotopic (exact) mass is 510 g/mol. The molecular formula is C25H31ClN8O2. The Morgan fingerprint density at radius 1 is 1.17 bits per heavy atom. The van der Waals surface area contributed by atoms with Gasteiger partial charge in [-0.3, -0.25) is 14.7 Å². The zero-order valence-electron chi connectivity index (χ0n) is 20.4. The van der Waals surface area contributed by atoms with E-state index in [4.69, 9.17) is 22.1 Å². The molecule has 4 N–H and O–H groups in total. The van der Waals surface area contributed by atoms with Crippen LogP contribution in [0.1, 0.15) is 23.7 Å². The summed E-state index contributed by atoms with van der Waals surface area (Å²) in [5, 5.41) is 15.2. The van der Waals surface area contributed by atoms with Crippen molar-refractivity contribution in [2.45, 2.75) is 19.0 Å². The van der Waals surface area contributed by atoms with E-state index in [-0.39, 0.29) is 23.5 Å². The van der Waals surface area contributed by atoms with Gasteiger partial charge in [0.1, 0.15) is 5.75 Å². The van der Waals surface area contributed by atoms with E-state index >= 15 is 0 Å². The van der Waals surface area contributed by atoms with E-state index in [0.29, 0.717) is 18.1 Å². The van der Waals surface area contributed by atoms with Crippen LogP contribution in [-0.2, 0) is 11.3 Å². The molecule has 1 unspecified atom stereocenters. The Hall–Kier alpha value is -3.47. The molecular weight excluding hydrogens is 480 g/mol. The Morgan fingerprint density at radius 3 is 2.72 bits per heavy atom. The molecule has 2 aromatic heterocycles. The SMILES string of the molecule is COc1cccc(CNc2nnc(Cl)cc2Nc2ccnc(C(CC(N)=O)N3CCN(C)CC3)c2)c1. The van der Waals surface area contributed by atoms with Gasteiger partial charge in [0, 0.05) is 57.1 Å². The largest absolute Gasteiger partial charge is 0.497 e. The molecule has 0 spiro atoms. The van der Waals surface area contributed by atoms with E-state index in [9.17, 15) is 4.79 Å². The van der Waals surface area contributed by atoms with Crippen LogP contribution < -0.4 is 21.1 Å². The standard InChI is InChI=1S/C25H31ClN8O2/c1-33-8-10-34(11-9-33)22(15-24(27)35)20-13-18(6-7-28-20)30-21-14-23(26)31-32-25(21)29-16-17-4-3-5-19(12-17)36-2/h3-7,12-14,22H,8-11,15-16H2,1-2H3,(H2,27,35)(H,29,32)(H,28,30,31). The molecule has 4 rings (SSSR count). The highest BCUT2D eigenvalue weighted by Crippen LogP contribution is 2.29. The van der Waals surface area contributed by atoms with Crippen molar-refractivity contribution in [3.8, 4) is 5.75 Å². The van der Waals surface area contributed by atoms with Gasteiger partial charge in [-0.25, -0.2) is 0 Å². The Bertz CT molecular complexity index is 1190. The van der Waals surface area contributed by atoms with Crippen molar-refractivity contribution in [2.75, 3.05) is 51.0 Å². The second-order valence-corrected chi connectivity index (χ2v) is 9.14. The molecule has 0 bridgehead atoms. The first-order valence-corrected chi connectivity index (χ1v) is 12.1. The number of nitrogens with zero attached hydrogens (tertiary/aromatic N) is 5. The summed E-state index contributed by atoms with van der Waals surface area (Å²) in [7, 11) is 3.73. The third-order valence-corrected chi connectivity index (χ3v) is 6.32. The predicted molar refractivity (Wildman–Crippen MR) is 141 cm³/mol. The molecule has 1 saturated heterocycles. The van der Waals surface area contributed by atoms with Crippen molar-refractivity contribution < 1.29 is 9.53 Å². The van der Waals surface area contributed by atoms with Crippen LogP contribution in [-0.4, -0.2) is 71.2 Å². The summed E-state index contributed by atoms with van der Waals surface area (Å²) in [4.78, 5) is 21.0. The van der Waals surface area contributed by atoms with Crippen molar-refractivity contribution in [3.05, 3.63) is 65.1 Å². The molecule has 10 nitrogen and oxygen atoms in total. The molecule has 11 heteroatoms. The van der Waals surface area contributed by atoms with Crippen molar-refractivity contribution in [1.29, 1.82) is 0 Å². The summed E-state index contributed by atoms with van der Waals surface area (Å²) in [6.45, 7) is 4.06. The first kappa shape index (κ1) is 25.6. The normalized spacial score (nSPS) is 15.3. The van der Waals surface area contributed by atoms with Crippen molar-refractivity contribution in [2.24, 2.45) is 5.73 Å². The number of halogens is 1. The number of nitrogens with two attached hydrogens (primary N) is 1. The molecule has 1 aliphatic rings. The number of ether oxygens (including phenoxy) is 1. The number of rotatable bonds is 10. The smallest absolute Gasteiger partial charge is 0.219 e. The fourth-order valence-electron chi connectivity index (χ4n) is 4.17. The number of hydrogen-bond acceptors (Lipinski definition) is 9. The van der Waals surface area contributed by atoms with Gasteiger partial charge in [-0.05, 0) is 36.9 Å². The van der Waals surface area contributed by atoms with Gasteiger partial charge < -0.3 is 26.0 Å². The average molecular weight is 511 g/mol. The second kappa shape index (κ2) is 12.0. The lowest BCUT2D eigenvalue weighted by molar-refractivity contribution is -0.119. The number of primary amides is 1. The Labute approximate surface area is 215 Å². The molecule has 3 heterocycles. The molecule has 1 atom stereocenters. The van der Waals surface area contributed by atoms with Gasteiger partial charge in [-0.1, -0.05) is 23.7 Å². The molecule has 1 fully saturated rings. The van der Waals surface area contributed by atoms with Gasteiger partial charge in [0.25, 0.3) is 0 Å². The van der Waals surface area contributed by atoms with Crippen molar-refractivity contribution in [3.63, 3.8) is 0 Å².